The molecule has 2 bridgehead atoms. The van der Waals surface area contributed by atoms with Gasteiger partial charge in [-0.2, -0.15) is 0 Å². The summed E-state index contributed by atoms with van der Waals surface area (Å²) in [6.45, 7) is 1.46. The van der Waals surface area contributed by atoms with Gasteiger partial charge < -0.3 is 14.3 Å². The third-order valence-corrected chi connectivity index (χ3v) is 7.26. The number of benzene rings is 1. The smallest absolute Gasteiger partial charge is 0.274 e. The summed E-state index contributed by atoms with van der Waals surface area (Å²) in [5, 5.41) is 3.94. The number of halogens is 4. The van der Waals surface area contributed by atoms with Gasteiger partial charge >= 0.3 is 0 Å². The van der Waals surface area contributed by atoms with Crippen LogP contribution in [0.25, 0.3) is 0 Å². The van der Waals surface area contributed by atoms with Crippen molar-refractivity contribution in [1.82, 2.24) is 13.9 Å². The molecule has 3 atom stereocenters. The number of aromatic nitrogens is 1. The Bertz CT molecular complexity index is 1300. The number of hydrogen-bond donors (Lipinski definition) is 0. The fourth-order valence-corrected chi connectivity index (χ4v) is 5.21. The summed E-state index contributed by atoms with van der Waals surface area (Å²) < 4.78 is 43.3. The number of oxime groups is 1. The zero-order chi connectivity index (χ0) is 25.1. The monoisotopic (exact) mass is 508 g/mol. The van der Waals surface area contributed by atoms with Gasteiger partial charge in [-0.3, -0.25) is 14.4 Å². The third kappa shape index (κ3) is 3.78. The third-order valence-electron chi connectivity index (χ3n) is 6.99. The Labute approximate surface area is 202 Å². The highest BCUT2D eigenvalue weighted by atomic mass is 35.5. The van der Waals surface area contributed by atoms with E-state index in [2.05, 4.69) is 5.16 Å². The van der Waals surface area contributed by atoms with Gasteiger partial charge in [-0.25, -0.2) is 17.6 Å². The molecule has 12 heteroatoms. The average molecular weight is 509 g/mol. The Balaban J connectivity index is 1.53. The van der Waals surface area contributed by atoms with E-state index in [-0.39, 0.29) is 23.2 Å². The molecule has 1 aromatic heterocycles. The summed E-state index contributed by atoms with van der Waals surface area (Å²) in [6.07, 6.45) is 4.65. The Kier molecular flexibility index (Phi) is 5.62. The van der Waals surface area contributed by atoms with Crippen LogP contribution in [-0.2, 0) is 11.4 Å². The van der Waals surface area contributed by atoms with Crippen molar-refractivity contribution >= 4 is 29.8 Å². The molecule has 1 aromatic carbocycles. The van der Waals surface area contributed by atoms with Gasteiger partial charge in [-0.1, -0.05) is 5.16 Å². The van der Waals surface area contributed by atoms with Crippen LogP contribution < -0.4 is 5.43 Å². The van der Waals surface area contributed by atoms with Crippen LogP contribution in [0.4, 0.5) is 13.2 Å². The lowest BCUT2D eigenvalue weighted by atomic mass is 9.86. The number of carbonyl (C=O) groups excluding carboxylic acids is 2. The van der Waals surface area contributed by atoms with E-state index >= 15 is 0 Å². The minimum absolute atomic E-state index is 0.0856. The van der Waals surface area contributed by atoms with Crippen molar-refractivity contribution in [3.63, 3.8) is 0 Å². The molecule has 4 heterocycles. The van der Waals surface area contributed by atoms with Crippen molar-refractivity contribution in [2.75, 3.05) is 6.54 Å². The van der Waals surface area contributed by atoms with Crippen LogP contribution in [0.3, 0.4) is 0 Å². The Hall–Kier alpha value is -3.34. The van der Waals surface area contributed by atoms with Gasteiger partial charge in [0.25, 0.3) is 11.8 Å². The molecule has 1 fully saturated rings. The lowest BCUT2D eigenvalue weighted by Gasteiger charge is -2.41. The first-order valence-electron chi connectivity index (χ1n) is 11.0. The molecule has 0 N–H and O–H groups in total. The van der Waals surface area contributed by atoms with Crippen molar-refractivity contribution in [2.24, 2.45) is 5.16 Å². The van der Waals surface area contributed by atoms with Gasteiger partial charge in [0, 0.05) is 67.0 Å². The number of amides is 2. The lowest BCUT2D eigenvalue weighted by Crippen LogP contribution is -2.52. The number of hydrogen-bond acceptors (Lipinski definition) is 5. The van der Waals surface area contributed by atoms with E-state index in [1.165, 1.54) is 6.20 Å². The predicted molar refractivity (Wildman–Crippen MR) is 118 cm³/mol. The molecule has 1 spiro atoms. The zero-order valence-electron chi connectivity index (χ0n) is 18.5. The first-order valence-corrected chi connectivity index (χ1v) is 11.3. The van der Waals surface area contributed by atoms with Crippen molar-refractivity contribution in [1.29, 1.82) is 0 Å². The summed E-state index contributed by atoms with van der Waals surface area (Å²) in [5.41, 5.74) is -2.45. The SMILES string of the molecule is CC1CCC2(CC=NO2)C2CN1C(=O)c1cc(=O)c(C(=O)N(Cl)Cc3c(F)cc(F)cc3F)cn12. The molecule has 2 aromatic rings. The molecule has 0 saturated carbocycles. The minimum Gasteiger partial charge on any atom is -0.387 e. The maximum absolute atomic E-state index is 14.1. The van der Waals surface area contributed by atoms with Crippen molar-refractivity contribution in [2.45, 2.75) is 50.4 Å². The van der Waals surface area contributed by atoms with Gasteiger partial charge in [-0.05, 0) is 19.8 Å². The summed E-state index contributed by atoms with van der Waals surface area (Å²) in [7, 11) is 0. The van der Waals surface area contributed by atoms with E-state index < -0.39 is 52.5 Å². The molecule has 35 heavy (non-hydrogen) atoms. The quantitative estimate of drug-likeness (QED) is 0.595. The topological polar surface area (TPSA) is 84.2 Å². The molecule has 3 unspecified atom stereocenters. The van der Waals surface area contributed by atoms with Gasteiger partial charge in [0.1, 0.15) is 28.7 Å². The van der Waals surface area contributed by atoms with Crippen LogP contribution in [-0.4, -0.2) is 50.1 Å². The standard InChI is InChI=1S/C23H20ClF3N4O4/c1-12-2-3-23(4-5-28-35-23)20-11-29(12)22(34)18-8-19(32)15(9-30(18)20)21(33)31(24)10-14-16(26)6-13(25)7-17(14)27/h5-9,12,20H,2-4,10-11H2,1H3. The fraction of sp³-hybridized carbons (Fsp3) is 0.391. The molecule has 3 aliphatic heterocycles. The second-order valence-corrected chi connectivity index (χ2v) is 9.43. The largest absolute Gasteiger partial charge is 0.387 e. The van der Waals surface area contributed by atoms with Crippen LogP contribution in [0.2, 0.25) is 0 Å². The van der Waals surface area contributed by atoms with E-state index in [1.54, 1.807) is 15.7 Å². The molecule has 1 saturated heterocycles. The Morgan fingerprint density at radius 3 is 2.63 bits per heavy atom. The number of carbonyl (C=O) groups is 2. The van der Waals surface area contributed by atoms with Crippen molar-refractivity contribution in [3.8, 4) is 0 Å². The molecule has 2 amide bonds. The van der Waals surface area contributed by atoms with Crippen LogP contribution in [0.15, 0.2) is 34.3 Å². The summed E-state index contributed by atoms with van der Waals surface area (Å²) in [4.78, 5) is 46.5. The van der Waals surface area contributed by atoms with Crippen LogP contribution in [0, 0.1) is 17.5 Å². The lowest BCUT2D eigenvalue weighted by molar-refractivity contribution is -0.0654. The first kappa shape index (κ1) is 23.4. The molecule has 184 valence electrons. The van der Waals surface area contributed by atoms with Crippen molar-refractivity contribution in [3.05, 3.63) is 68.9 Å². The van der Waals surface area contributed by atoms with Gasteiger partial charge in [0.15, 0.2) is 11.0 Å². The van der Waals surface area contributed by atoms with E-state index in [1.807, 2.05) is 6.92 Å². The second kappa shape index (κ2) is 8.40. The number of pyridine rings is 1. The molecule has 5 rings (SSSR count). The van der Waals surface area contributed by atoms with E-state index in [0.717, 1.165) is 6.07 Å². The molecular formula is C23H20ClF3N4O4. The van der Waals surface area contributed by atoms with E-state index in [4.69, 9.17) is 16.6 Å². The highest BCUT2D eigenvalue weighted by Crippen LogP contribution is 2.44. The van der Waals surface area contributed by atoms with Crippen LogP contribution in [0.1, 0.15) is 58.6 Å². The summed E-state index contributed by atoms with van der Waals surface area (Å²) in [6, 6.07) is 1.48. The number of nitrogens with zero attached hydrogens (tertiary/aromatic N) is 4. The average Bonchev–Trinajstić information content (AvgIpc) is 3.24. The Morgan fingerprint density at radius 2 is 1.97 bits per heavy atom. The zero-order valence-corrected chi connectivity index (χ0v) is 19.3. The fourth-order valence-electron chi connectivity index (χ4n) is 5.00. The van der Waals surface area contributed by atoms with Crippen molar-refractivity contribution < 1.29 is 27.6 Å². The molecule has 0 aliphatic carbocycles. The molecule has 0 radical (unpaired) electrons. The van der Waals surface area contributed by atoms with Gasteiger partial charge in [0.05, 0.1) is 12.6 Å². The highest BCUT2D eigenvalue weighted by molar-refractivity contribution is 6.23. The normalized spacial score (nSPS) is 24.8. The summed E-state index contributed by atoms with van der Waals surface area (Å²) in [5.74, 6) is -4.93. The Morgan fingerprint density at radius 1 is 1.26 bits per heavy atom. The van der Waals surface area contributed by atoms with Crippen LogP contribution >= 0.6 is 11.8 Å². The maximum Gasteiger partial charge on any atom is 0.274 e. The van der Waals surface area contributed by atoms with Crippen LogP contribution in [0.5, 0.6) is 0 Å². The van der Waals surface area contributed by atoms with Gasteiger partial charge in [0.2, 0.25) is 0 Å². The maximum atomic E-state index is 14.1. The first-order chi connectivity index (χ1) is 16.6. The number of fused-ring (bicyclic) bond motifs is 5. The molecule has 3 aliphatic rings. The highest BCUT2D eigenvalue weighted by Gasteiger charge is 2.52. The van der Waals surface area contributed by atoms with E-state index in [0.29, 0.717) is 42.4 Å². The predicted octanol–water partition coefficient (Wildman–Crippen LogP) is 3.39. The van der Waals surface area contributed by atoms with Gasteiger partial charge in [-0.15, -0.1) is 0 Å². The molecular weight excluding hydrogens is 489 g/mol. The van der Waals surface area contributed by atoms with E-state index in [9.17, 15) is 27.6 Å². The molecule has 8 nitrogen and oxygen atoms in total. The minimum atomic E-state index is -1.22. The second-order valence-electron chi connectivity index (χ2n) is 9.03. The summed E-state index contributed by atoms with van der Waals surface area (Å²) >= 11 is 6.03. The number of rotatable bonds is 3.